The summed E-state index contributed by atoms with van der Waals surface area (Å²) in [4.78, 5) is 12.1. The van der Waals surface area contributed by atoms with Crippen molar-refractivity contribution in [2.45, 2.75) is 26.7 Å². The molecule has 2 aromatic carbocycles. The number of anilines is 1. The van der Waals surface area contributed by atoms with Gasteiger partial charge in [-0.1, -0.05) is 36.8 Å². The minimum absolute atomic E-state index is 0.0388. The van der Waals surface area contributed by atoms with Crippen molar-refractivity contribution in [1.82, 2.24) is 0 Å². The molecule has 0 aliphatic rings. The summed E-state index contributed by atoms with van der Waals surface area (Å²) < 4.78 is 5.30. The van der Waals surface area contributed by atoms with Crippen LogP contribution in [-0.4, -0.2) is 13.0 Å². The fourth-order valence-electron chi connectivity index (χ4n) is 2.25. The predicted octanol–water partition coefficient (Wildman–Crippen LogP) is 3.75. The SMILES string of the molecule is CCc1ccc(NC(=O)Cc2cc(C)ccc2OC)cc1. The van der Waals surface area contributed by atoms with E-state index in [-0.39, 0.29) is 5.91 Å². The third kappa shape index (κ3) is 4.09. The van der Waals surface area contributed by atoms with Crippen LogP contribution in [0, 0.1) is 6.92 Å². The maximum Gasteiger partial charge on any atom is 0.228 e. The number of carbonyl (C=O) groups is 1. The molecule has 21 heavy (non-hydrogen) atoms. The Hall–Kier alpha value is -2.29. The summed E-state index contributed by atoms with van der Waals surface area (Å²) in [5.41, 5.74) is 4.10. The molecule has 0 aliphatic heterocycles. The monoisotopic (exact) mass is 283 g/mol. The number of methoxy groups -OCH3 is 1. The van der Waals surface area contributed by atoms with Crippen molar-refractivity contribution in [3.05, 3.63) is 59.2 Å². The highest BCUT2D eigenvalue weighted by atomic mass is 16.5. The highest BCUT2D eigenvalue weighted by molar-refractivity contribution is 5.92. The van der Waals surface area contributed by atoms with Gasteiger partial charge in [-0.2, -0.15) is 0 Å². The van der Waals surface area contributed by atoms with Crippen LogP contribution in [0.3, 0.4) is 0 Å². The average Bonchev–Trinajstić information content (AvgIpc) is 2.48. The molecule has 2 aromatic rings. The fourth-order valence-corrected chi connectivity index (χ4v) is 2.25. The highest BCUT2D eigenvalue weighted by Crippen LogP contribution is 2.20. The summed E-state index contributed by atoms with van der Waals surface area (Å²) in [6.45, 7) is 4.11. The lowest BCUT2D eigenvalue weighted by molar-refractivity contribution is -0.115. The number of rotatable bonds is 5. The number of benzene rings is 2. The molecular weight excluding hydrogens is 262 g/mol. The Morgan fingerprint density at radius 1 is 1.14 bits per heavy atom. The molecular formula is C18H21NO2. The van der Waals surface area contributed by atoms with Gasteiger partial charge in [-0.05, 0) is 37.1 Å². The summed E-state index contributed by atoms with van der Waals surface area (Å²) >= 11 is 0. The van der Waals surface area contributed by atoms with Crippen LogP contribution in [0.5, 0.6) is 5.75 Å². The van der Waals surface area contributed by atoms with Gasteiger partial charge in [0.1, 0.15) is 5.75 Å². The van der Waals surface area contributed by atoms with E-state index in [1.54, 1.807) is 7.11 Å². The summed E-state index contributed by atoms with van der Waals surface area (Å²) in [5, 5.41) is 2.92. The Morgan fingerprint density at radius 3 is 2.48 bits per heavy atom. The van der Waals surface area contributed by atoms with Crippen LogP contribution in [0.2, 0.25) is 0 Å². The second-order valence-corrected chi connectivity index (χ2v) is 5.09. The molecule has 0 heterocycles. The third-order valence-electron chi connectivity index (χ3n) is 3.43. The highest BCUT2D eigenvalue weighted by Gasteiger charge is 2.09. The smallest absolute Gasteiger partial charge is 0.228 e. The normalized spacial score (nSPS) is 10.2. The van der Waals surface area contributed by atoms with Crippen LogP contribution < -0.4 is 10.1 Å². The molecule has 3 heteroatoms. The van der Waals surface area contributed by atoms with E-state index < -0.39 is 0 Å². The second-order valence-electron chi connectivity index (χ2n) is 5.09. The van der Waals surface area contributed by atoms with Gasteiger partial charge in [-0.15, -0.1) is 0 Å². The number of ether oxygens (including phenoxy) is 1. The minimum atomic E-state index is -0.0388. The summed E-state index contributed by atoms with van der Waals surface area (Å²) in [5.74, 6) is 0.709. The van der Waals surface area contributed by atoms with Crippen LogP contribution >= 0.6 is 0 Å². The molecule has 1 amide bonds. The lowest BCUT2D eigenvalue weighted by atomic mass is 10.1. The van der Waals surface area contributed by atoms with E-state index in [9.17, 15) is 4.79 Å². The van der Waals surface area contributed by atoms with Crippen molar-refractivity contribution < 1.29 is 9.53 Å². The largest absolute Gasteiger partial charge is 0.496 e. The van der Waals surface area contributed by atoms with Crippen LogP contribution in [-0.2, 0) is 17.6 Å². The standard InChI is InChI=1S/C18H21NO2/c1-4-14-6-8-16(9-7-14)19-18(20)12-15-11-13(2)5-10-17(15)21-3/h5-11H,4,12H2,1-3H3,(H,19,20). The maximum absolute atomic E-state index is 12.1. The van der Waals surface area contributed by atoms with E-state index in [0.29, 0.717) is 6.42 Å². The fraction of sp³-hybridized carbons (Fsp3) is 0.278. The van der Waals surface area contributed by atoms with Crippen molar-refractivity contribution in [2.24, 2.45) is 0 Å². The van der Waals surface area contributed by atoms with E-state index >= 15 is 0 Å². The van der Waals surface area contributed by atoms with Crippen molar-refractivity contribution in [3.63, 3.8) is 0 Å². The summed E-state index contributed by atoms with van der Waals surface area (Å²) in [6, 6.07) is 13.8. The van der Waals surface area contributed by atoms with Crippen LogP contribution in [0.25, 0.3) is 0 Å². The van der Waals surface area contributed by atoms with Gasteiger partial charge in [0.05, 0.1) is 13.5 Å². The Labute approximate surface area is 126 Å². The van der Waals surface area contributed by atoms with Crippen LogP contribution in [0.1, 0.15) is 23.6 Å². The molecule has 0 saturated carbocycles. The quantitative estimate of drug-likeness (QED) is 0.907. The molecule has 0 saturated heterocycles. The number of aryl methyl sites for hydroxylation is 2. The van der Waals surface area contributed by atoms with Gasteiger partial charge in [0.15, 0.2) is 0 Å². The zero-order valence-corrected chi connectivity index (χ0v) is 12.8. The van der Waals surface area contributed by atoms with Crippen LogP contribution in [0.15, 0.2) is 42.5 Å². The first-order valence-electron chi connectivity index (χ1n) is 7.14. The average molecular weight is 283 g/mol. The van der Waals surface area contributed by atoms with Gasteiger partial charge >= 0.3 is 0 Å². The summed E-state index contributed by atoms with van der Waals surface area (Å²) in [6.07, 6.45) is 1.30. The number of hydrogen-bond donors (Lipinski definition) is 1. The summed E-state index contributed by atoms with van der Waals surface area (Å²) in [7, 11) is 1.62. The molecule has 0 bridgehead atoms. The number of amides is 1. The van der Waals surface area contributed by atoms with Gasteiger partial charge in [0.25, 0.3) is 0 Å². The van der Waals surface area contributed by atoms with Gasteiger partial charge in [0, 0.05) is 11.3 Å². The van der Waals surface area contributed by atoms with E-state index in [0.717, 1.165) is 29.0 Å². The minimum Gasteiger partial charge on any atom is -0.496 e. The van der Waals surface area contributed by atoms with E-state index in [1.165, 1.54) is 5.56 Å². The molecule has 0 unspecified atom stereocenters. The van der Waals surface area contributed by atoms with Gasteiger partial charge in [-0.3, -0.25) is 4.79 Å². The zero-order chi connectivity index (χ0) is 15.2. The molecule has 0 radical (unpaired) electrons. The Bertz CT molecular complexity index is 618. The third-order valence-corrected chi connectivity index (χ3v) is 3.43. The zero-order valence-electron chi connectivity index (χ0n) is 12.8. The maximum atomic E-state index is 12.1. The van der Waals surface area contributed by atoms with Crippen molar-refractivity contribution >= 4 is 11.6 Å². The Balaban J connectivity index is 2.05. The first-order chi connectivity index (χ1) is 10.1. The Kier molecular flexibility index (Phi) is 4.99. The van der Waals surface area contributed by atoms with Crippen molar-refractivity contribution in [3.8, 4) is 5.75 Å². The van der Waals surface area contributed by atoms with E-state index in [4.69, 9.17) is 4.74 Å². The molecule has 0 fully saturated rings. The first-order valence-corrected chi connectivity index (χ1v) is 7.14. The number of carbonyl (C=O) groups excluding carboxylic acids is 1. The molecule has 0 aromatic heterocycles. The van der Waals surface area contributed by atoms with Gasteiger partial charge in [0.2, 0.25) is 5.91 Å². The molecule has 0 spiro atoms. The lowest BCUT2D eigenvalue weighted by Gasteiger charge is -2.10. The van der Waals surface area contributed by atoms with Crippen molar-refractivity contribution in [1.29, 1.82) is 0 Å². The van der Waals surface area contributed by atoms with Crippen LogP contribution in [0.4, 0.5) is 5.69 Å². The first kappa shape index (κ1) is 15.1. The van der Waals surface area contributed by atoms with Gasteiger partial charge in [-0.25, -0.2) is 0 Å². The lowest BCUT2D eigenvalue weighted by Crippen LogP contribution is -2.15. The predicted molar refractivity (Wildman–Crippen MR) is 85.9 cm³/mol. The second kappa shape index (κ2) is 6.93. The van der Waals surface area contributed by atoms with E-state index in [1.807, 2.05) is 49.4 Å². The molecule has 1 N–H and O–H groups in total. The van der Waals surface area contributed by atoms with Crippen molar-refractivity contribution in [2.75, 3.05) is 12.4 Å². The number of nitrogens with one attached hydrogen (secondary N) is 1. The molecule has 110 valence electrons. The molecule has 0 atom stereocenters. The Morgan fingerprint density at radius 2 is 1.86 bits per heavy atom. The van der Waals surface area contributed by atoms with Gasteiger partial charge < -0.3 is 10.1 Å². The topological polar surface area (TPSA) is 38.3 Å². The van der Waals surface area contributed by atoms with E-state index in [2.05, 4.69) is 12.2 Å². The molecule has 2 rings (SSSR count). The number of hydrogen-bond acceptors (Lipinski definition) is 2. The molecule has 3 nitrogen and oxygen atoms in total. The molecule has 0 aliphatic carbocycles.